The van der Waals surface area contributed by atoms with Crippen LogP contribution in [-0.2, 0) is 11.2 Å². The van der Waals surface area contributed by atoms with Crippen molar-refractivity contribution in [2.75, 3.05) is 31.1 Å². The van der Waals surface area contributed by atoms with Crippen LogP contribution in [0.5, 0.6) is 0 Å². The Labute approximate surface area is 162 Å². The van der Waals surface area contributed by atoms with Crippen molar-refractivity contribution in [1.29, 1.82) is 5.26 Å². The van der Waals surface area contributed by atoms with Crippen LogP contribution < -0.4 is 4.90 Å². The number of aromatic amines is 1. The summed E-state index contributed by atoms with van der Waals surface area (Å²) in [7, 11) is 0. The maximum Gasteiger partial charge on any atom is 0.274 e. The van der Waals surface area contributed by atoms with E-state index >= 15 is 0 Å². The smallest absolute Gasteiger partial charge is 0.274 e. The molecular formula is C20H22FN5O2. The molecule has 28 heavy (non-hydrogen) atoms. The largest absolute Gasteiger partial charge is 0.369 e. The molecule has 0 saturated carbocycles. The Morgan fingerprint density at radius 3 is 2.79 bits per heavy atom. The van der Waals surface area contributed by atoms with Crippen molar-refractivity contribution in [2.45, 2.75) is 32.5 Å². The van der Waals surface area contributed by atoms with Gasteiger partial charge in [0, 0.05) is 38.2 Å². The van der Waals surface area contributed by atoms with E-state index in [1.54, 1.807) is 11.0 Å². The van der Waals surface area contributed by atoms with Crippen molar-refractivity contribution in [3.05, 3.63) is 46.5 Å². The number of nitriles is 1. The molecule has 0 aliphatic carbocycles. The lowest BCUT2D eigenvalue weighted by atomic mass is 9.99. The van der Waals surface area contributed by atoms with E-state index in [1.165, 1.54) is 12.1 Å². The first-order chi connectivity index (χ1) is 13.5. The number of hydrogen-bond acceptors (Lipinski definition) is 5. The number of aromatic nitrogens is 2. The fourth-order valence-electron chi connectivity index (χ4n) is 4.02. The highest BCUT2D eigenvalue weighted by Gasteiger charge is 2.32. The Kier molecular flexibility index (Phi) is 4.77. The predicted molar refractivity (Wildman–Crippen MR) is 100 cm³/mol. The van der Waals surface area contributed by atoms with Crippen molar-refractivity contribution >= 4 is 11.6 Å². The number of benzene rings is 1. The minimum atomic E-state index is -0.426. The second kappa shape index (κ2) is 7.24. The van der Waals surface area contributed by atoms with E-state index in [2.05, 4.69) is 10.2 Å². The van der Waals surface area contributed by atoms with E-state index in [4.69, 9.17) is 4.74 Å². The van der Waals surface area contributed by atoms with Gasteiger partial charge in [0.05, 0.1) is 29.2 Å². The number of nitrogens with one attached hydrogen (secondary N) is 1. The van der Waals surface area contributed by atoms with Crippen LogP contribution in [0.1, 0.15) is 47.3 Å². The minimum absolute atomic E-state index is 0.0476. The molecule has 2 atom stereocenters. The second-order valence-electron chi connectivity index (χ2n) is 7.31. The number of anilines is 1. The molecule has 7 nitrogen and oxygen atoms in total. The van der Waals surface area contributed by atoms with Gasteiger partial charge in [-0.15, -0.1) is 0 Å². The normalized spacial score (nSPS) is 21.9. The van der Waals surface area contributed by atoms with Crippen LogP contribution in [-0.4, -0.2) is 53.3 Å². The maximum absolute atomic E-state index is 13.4. The van der Waals surface area contributed by atoms with Crippen LogP contribution in [0.15, 0.2) is 18.2 Å². The summed E-state index contributed by atoms with van der Waals surface area (Å²) in [6.45, 7) is 6.14. The molecule has 2 aliphatic heterocycles. The summed E-state index contributed by atoms with van der Waals surface area (Å²) in [4.78, 5) is 16.8. The Morgan fingerprint density at radius 1 is 1.32 bits per heavy atom. The van der Waals surface area contributed by atoms with Gasteiger partial charge in [0.15, 0.2) is 5.69 Å². The molecule has 2 aliphatic rings. The van der Waals surface area contributed by atoms with E-state index < -0.39 is 5.82 Å². The van der Waals surface area contributed by atoms with Gasteiger partial charge in [-0.3, -0.25) is 9.89 Å². The van der Waals surface area contributed by atoms with Crippen LogP contribution in [0.4, 0.5) is 10.1 Å². The minimum Gasteiger partial charge on any atom is -0.369 e. The molecule has 1 aromatic carbocycles. The number of H-pyrrole nitrogens is 1. The molecule has 1 N–H and O–H groups in total. The second-order valence-corrected chi connectivity index (χ2v) is 7.31. The number of carbonyl (C=O) groups is 1. The van der Waals surface area contributed by atoms with Crippen molar-refractivity contribution in [1.82, 2.24) is 15.1 Å². The van der Waals surface area contributed by atoms with E-state index in [0.717, 1.165) is 11.3 Å². The lowest BCUT2D eigenvalue weighted by molar-refractivity contribution is -0.00702. The number of halogens is 1. The fourth-order valence-corrected chi connectivity index (χ4v) is 4.02. The van der Waals surface area contributed by atoms with E-state index in [-0.39, 0.29) is 18.1 Å². The number of ether oxygens (including phenoxy) is 1. The van der Waals surface area contributed by atoms with E-state index in [9.17, 15) is 14.4 Å². The highest BCUT2D eigenvalue weighted by molar-refractivity contribution is 5.94. The van der Waals surface area contributed by atoms with Gasteiger partial charge in [0.2, 0.25) is 0 Å². The predicted octanol–water partition coefficient (Wildman–Crippen LogP) is 2.41. The maximum atomic E-state index is 13.4. The van der Waals surface area contributed by atoms with Gasteiger partial charge in [0.1, 0.15) is 11.9 Å². The number of rotatable bonds is 2. The molecule has 3 heterocycles. The Morgan fingerprint density at radius 2 is 2.07 bits per heavy atom. The molecule has 1 fully saturated rings. The van der Waals surface area contributed by atoms with Crippen LogP contribution >= 0.6 is 0 Å². The van der Waals surface area contributed by atoms with Gasteiger partial charge in [-0.2, -0.15) is 10.4 Å². The fraction of sp³-hybridized carbons (Fsp3) is 0.450. The molecule has 0 bridgehead atoms. The van der Waals surface area contributed by atoms with Gasteiger partial charge < -0.3 is 14.5 Å². The van der Waals surface area contributed by atoms with Gasteiger partial charge in [-0.25, -0.2) is 4.39 Å². The van der Waals surface area contributed by atoms with Gasteiger partial charge >= 0.3 is 0 Å². The molecule has 1 amide bonds. The van der Waals surface area contributed by atoms with Crippen LogP contribution in [0.2, 0.25) is 0 Å². The third-order valence-electron chi connectivity index (χ3n) is 5.42. The first-order valence-electron chi connectivity index (χ1n) is 9.44. The molecule has 8 heteroatoms. The summed E-state index contributed by atoms with van der Waals surface area (Å²) in [5, 5.41) is 16.5. The van der Waals surface area contributed by atoms with Crippen LogP contribution in [0.3, 0.4) is 0 Å². The number of carbonyl (C=O) groups excluding carboxylic acids is 1. The Balaban J connectivity index is 1.48. The summed E-state index contributed by atoms with van der Waals surface area (Å²) in [6.07, 6.45) is 0.608. The summed E-state index contributed by atoms with van der Waals surface area (Å²) in [6, 6.07) is 6.27. The average Bonchev–Trinajstić information content (AvgIpc) is 3.11. The summed E-state index contributed by atoms with van der Waals surface area (Å²) in [5.74, 6) is -0.511. The Bertz CT molecular complexity index is 943. The zero-order chi connectivity index (χ0) is 19.8. The van der Waals surface area contributed by atoms with E-state index in [1.807, 2.05) is 24.8 Å². The molecule has 146 valence electrons. The lowest BCUT2D eigenvalue weighted by Gasteiger charge is -2.36. The van der Waals surface area contributed by atoms with Crippen molar-refractivity contribution in [3.63, 3.8) is 0 Å². The number of fused-ring (bicyclic) bond motifs is 1. The van der Waals surface area contributed by atoms with Crippen LogP contribution in [0.25, 0.3) is 0 Å². The lowest BCUT2D eigenvalue weighted by Crippen LogP contribution is -2.49. The summed E-state index contributed by atoms with van der Waals surface area (Å²) < 4.78 is 19.2. The Hall–Kier alpha value is -2.92. The van der Waals surface area contributed by atoms with E-state index in [0.29, 0.717) is 49.5 Å². The molecule has 0 unspecified atom stereocenters. The average molecular weight is 383 g/mol. The number of amides is 1. The first kappa shape index (κ1) is 18.4. The van der Waals surface area contributed by atoms with Gasteiger partial charge in [-0.05, 0) is 32.0 Å². The highest BCUT2D eigenvalue weighted by Crippen LogP contribution is 2.31. The highest BCUT2D eigenvalue weighted by atomic mass is 19.1. The van der Waals surface area contributed by atoms with Gasteiger partial charge in [0.25, 0.3) is 5.91 Å². The third-order valence-corrected chi connectivity index (χ3v) is 5.42. The zero-order valence-electron chi connectivity index (χ0n) is 15.9. The number of hydrogen-bond donors (Lipinski definition) is 1. The summed E-state index contributed by atoms with van der Waals surface area (Å²) >= 11 is 0. The molecule has 0 radical (unpaired) electrons. The summed E-state index contributed by atoms with van der Waals surface area (Å²) in [5.41, 5.74) is 3.32. The number of piperazine rings is 1. The van der Waals surface area contributed by atoms with Crippen molar-refractivity contribution < 1.29 is 13.9 Å². The SMILES string of the molecule is C[C@@H]1Cc2c(C(=O)N3CCN(c4ccc(F)cc4C#N)CC3)n[nH]c2[C@H](C)O1. The monoisotopic (exact) mass is 383 g/mol. The van der Waals surface area contributed by atoms with Crippen molar-refractivity contribution in [3.8, 4) is 6.07 Å². The molecule has 2 aromatic rings. The molecule has 1 aromatic heterocycles. The third kappa shape index (κ3) is 3.22. The standard InChI is InChI=1S/C20H22FN5O2/c1-12-9-16-18(13(2)28-12)23-24-19(16)20(27)26-7-5-25(6-8-26)17-4-3-15(21)10-14(17)11-22/h3-4,10,12-13H,5-9H2,1-2H3,(H,23,24)/t12-,13+/m1/s1. The quantitative estimate of drug-likeness (QED) is 0.861. The van der Waals surface area contributed by atoms with Gasteiger partial charge in [-0.1, -0.05) is 0 Å². The molecular weight excluding hydrogens is 361 g/mol. The van der Waals surface area contributed by atoms with Crippen LogP contribution in [0, 0.1) is 17.1 Å². The zero-order valence-corrected chi connectivity index (χ0v) is 15.9. The van der Waals surface area contributed by atoms with Crippen molar-refractivity contribution in [2.24, 2.45) is 0 Å². The first-order valence-corrected chi connectivity index (χ1v) is 9.44. The molecule has 0 spiro atoms. The molecule has 4 rings (SSSR count). The topological polar surface area (TPSA) is 85.3 Å². The number of nitrogens with zero attached hydrogens (tertiary/aromatic N) is 4. The molecule has 1 saturated heterocycles.